The van der Waals surface area contributed by atoms with Gasteiger partial charge in [0, 0.05) is 13.1 Å². The third-order valence-electron chi connectivity index (χ3n) is 4.08. The van der Waals surface area contributed by atoms with Gasteiger partial charge in [0.1, 0.15) is 12.4 Å². The van der Waals surface area contributed by atoms with Crippen molar-refractivity contribution in [2.75, 3.05) is 26.3 Å². The quantitative estimate of drug-likeness (QED) is 0.658. The molecule has 0 atom stereocenters. The number of hydrogen-bond donors (Lipinski definition) is 1. The van der Waals surface area contributed by atoms with Crippen LogP contribution in [0.25, 0.3) is 0 Å². The zero-order chi connectivity index (χ0) is 17.5. The molecule has 5 nitrogen and oxygen atoms in total. The minimum Gasteiger partial charge on any atom is -0.487 e. The molecule has 1 saturated heterocycles. The predicted octanol–water partition coefficient (Wildman–Crippen LogP) is 3.07. The molecular weight excluding hydrogens is 338 g/mol. The fraction of sp³-hybridized carbons (Fsp3) is 0.316. The zero-order valence-corrected chi connectivity index (χ0v) is 14.8. The van der Waals surface area contributed by atoms with Crippen LogP contribution in [0.15, 0.2) is 53.5 Å². The number of para-hydroxylation sites is 1. The van der Waals surface area contributed by atoms with Crippen molar-refractivity contribution >= 4 is 17.6 Å². The molecule has 3 rings (SSSR count). The molecule has 0 bridgehead atoms. The van der Waals surface area contributed by atoms with Crippen LogP contribution >= 0.6 is 11.6 Å². The van der Waals surface area contributed by atoms with Crippen molar-refractivity contribution in [1.82, 2.24) is 4.90 Å². The molecule has 1 fully saturated rings. The normalized spacial score (nSPS) is 15.2. The monoisotopic (exact) mass is 359 g/mol. The van der Waals surface area contributed by atoms with E-state index in [1.54, 1.807) is 0 Å². The van der Waals surface area contributed by atoms with Gasteiger partial charge in [-0.25, -0.2) is 4.99 Å². The third-order valence-corrected chi connectivity index (χ3v) is 4.40. The molecule has 0 aliphatic carbocycles. The average molecular weight is 360 g/mol. The summed E-state index contributed by atoms with van der Waals surface area (Å²) < 4.78 is 11.2. The molecule has 132 valence electrons. The standard InChI is InChI=1S/C19H22ClN3O2/c20-17-7-3-4-8-18(17)25-14-16-6-2-1-5-15(16)13-22-19(21)23-9-11-24-12-10-23/h1-8H,9-14H2,(H2,21,22). The highest BCUT2D eigenvalue weighted by molar-refractivity contribution is 6.32. The molecule has 0 radical (unpaired) electrons. The predicted molar refractivity (Wildman–Crippen MR) is 99.9 cm³/mol. The van der Waals surface area contributed by atoms with E-state index in [9.17, 15) is 0 Å². The van der Waals surface area contributed by atoms with Crippen LogP contribution in [0.5, 0.6) is 5.75 Å². The molecule has 1 aliphatic rings. The van der Waals surface area contributed by atoms with Crippen molar-refractivity contribution in [3.05, 3.63) is 64.7 Å². The summed E-state index contributed by atoms with van der Waals surface area (Å²) in [5.74, 6) is 1.24. The molecular formula is C19H22ClN3O2. The molecule has 1 aliphatic heterocycles. The third kappa shape index (κ3) is 4.87. The molecule has 6 heteroatoms. The summed E-state index contributed by atoms with van der Waals surface area (Å²) >= 11 is 6.14. The summed E-state index contributed by atoms with van der Waals surface area (Å²) in [6.45, 7) is 3.91. The largest absolute Gasteiger partial charge is 0.487 e. The summed E-state index contributed by atoms with van der Waals surface area (Å²) in [5.41, 5.74) is 8.26. The summed E-state index contributed by atoms with van der Waals surface area (Å²) in [5, 5.41) is 0.606. The molecule has 2 aromatic rings. The Hall–Kier alpha value is -2.24. The summed E-state index contributed by atoms with van der Waals surface area (Å²) in [6.07, 6.45) is 0. The number of ether oxygens (including phenoxy) is 2. The lowest BCUT2D eigenvalue weighted by Crippen LogP contribution is -2.44. The van der Waals surface area contributed by atoms with E-state index in [0.717, 1.165) is 24.2 Å². The van der Waals surface area contributed by atoms with Crippen molar-refractivity contribution in [1.29, 1.82) is 0 Å². The van der Waals surface area contributed by atoms with Crippen LogP contribution in [0.4, 0.5) is 0 Å². The first-order valence-corrected chi connectivity index (χ1v) is 8.68. The highest BCUT2D eigenvalue weighted by Crippen LogP contribution is 2.24. The van der Waals surface area contributed by atoms with Gasteiger partial charge in [-0.2, -0.15) is 0 Å². The van der Waals surface area contributed by atoms with Gasteiger partial charge in [-0.1, -0.05) is 48.0 Å². The van der Waals surface area contributed by atoms with Crippen molar-refractivity contribution in [3.8, 4) is 5.75 Å². The molecule has 2 aromatic carbocycles. The van der Waals surface area contributed by atoms with Gasteiger partial charge in [0.25, 0.3) is 0 Å². The van der Waals surface area contributed by atoms with Gasteiger partial charge < -0.3 is 20.1 Å². The van der Waals surface area contributed by atoms with E-state index in [1.807, 2.05) is 53.4 Å². The minimum absolute atomic E-state index is 0.437. The van der Waals surface area contributed by atoms with Gasteiger partial charge in [-0.05, 0) is 23.3 Å². The lowest BCUT2D eigenvalue weighted by Gasteiger charge is -2.27. The maximum atomic E-state index is 6.14. The van der Waals surface area contributed by atoms with Crippen LogP contribution in [0.2, 0.25) is 5.02 Å². The Labute approximate surface area is 153 Å². The van der Waals surface area contributed by atoms with Crippen molar-refractivity contribution in [2.45, 2.75) is 13.2 Å². The molecule has 25 heavy (non-hydrogen) atoms. The van der Waals surface area contributed by atoms with E-state index in [2.05, 4.69) is 4.99 Å². The van der Waals surface area contributed by atoms with E-state index >= 15 is 0 Å². The van der Waals surface area contributed by atoms with Crippen LogP contribution in [-0.4, -0.2) is 37.2 Å². The second kappa shape index (κ2) is 8.74. The molecule has 1 heterocycles. The summed E-state index contributed by atoms with van der Waals surface area (Å²) in [6, 6.07) is 15.5. The second-order valence-electron chi connectivity index (χ2n) is 5.76. The zero-order valence-electron chi connectivity index (χ0n) is 14.0. The van der Waals surface area contributed by atoms with Crippen molar-refractivity contribution in [2.24, 2.45) is 10.7 Å². The smallest absolute Gasteiger partial charge is 0.191 e. The number of morpholine rings is 1. The number of guanidine groups is 1. The number of nitrogens with zero attached hydrogens (tertiary/aromatic N) is 2. The number of nitrogens with two attached hydrogens (primary N) is 1. The fourth-order valence-electron chi connectivity index (χ4n) is 2.63. The topological polar surface area (TPSA) is 60.1 Å². The number of benzene rings is 2. The molecule has 0 spiro atoms. The minimum atomic E-state index is 0.437. The van der Waals surface area contributed by atoms with Crippen molar-refractivity contribution < 1.29 is 9.47 Å². The first-order chi connectivity index (χ1) is 12.2. The maximum absolute atomic E-state index is 6.14. The number of hydrogen-bond acceptors (Lipinski definition) is 3. The van der Waals surface area contributed by atoms with Crippen LogP contribution in [0.1, 0.15) is 11.1 Å². The highest BCUT2D eigenvalue weighted by Gasteiger charge is 2.12. The lowest BCUT2D eigenvalue weighted by atomic mass is 10.1. The van der Waals surface area contributed by atoms with E-state index < -0.39 is 0 Å². The maximum Gasteiger partial charge on any atom is 0.191 e. The molecule has 0 amide bonds. The molecule has 0 aromatic heterocycles. The lowest BCUT2D eigenvalue weighted by molar-refractivity contribution is 0.0674. The SMILES string of the molecule is NC(=NCc1ccccc1COc1ccccc1Cl)N1CCOCC1. The highest BCUT2D eigenvalue weighted by atomic mass is 35.5. The van der Waals surface area contributed by atoms with Gasteiger partial charge >= 0.3 is 0 Å². The van der Waals surface area contributed by atoms with E-state index in [0.29, 0.717) is 43.1 Å². The summed E-state index contributed by atoms with van der Waals surface area (Å²) in [7, 11) is 0. The number of rotatable bonds is 5. The van der Waals surface area contributed by atoms with Crippen LogP contribution in [0.3, 0.4) is 0 Å². The second-order valence-corrected chi connectivity index (χ2v) is 6.17. The Morgan fingerprint density at radius 2 is 1.76 bits per heavy atom. The Bertz CT molecular complexity index is 730. The molecule has 0 saturated carbocycles. The molecule has 2 N–H and O–H groups in total. The van der Waals surface area contributed by atoms with Crippen LogP contribution in [-0.2, 0) is 17.9 Å². The Kier molecular flexibility index (Phi) is 6.14. The van der Waals surface area contributed by atoms with E-state index in [1.165, 1.54) is 0 Å². The van der Waals surface area contributed by atoms with Crippen LogP contribution in [0, 0.1) is 0 Å². The van der Waals surface area contributed by atoms with Gasteiger partial charge in [0.15, 0.2) is 5.96 Å². The van der Waals surface area contributed by atoms with Gasteiger partial charge in [0.2, 0.25) is 0 Å². The van der Waals surface area contributed by atoms with Crippen LogP contribution < -0.4 is 10.5 Å². The number of aliphatic imine (C=N–C) groups is 1. The first kappa shape index (κ1) is 17.6. The number of halogens is 1. The Balaban J connectivity index is 1.65. The van der Waals surface area contributed by atoms with Gasteiger partial charge in [0.05, 0.1) is 24.8 Å². The van der Waals surface area contributed by atoms with E-state index in [4.69, 9.17) is 26.8 Å². The fourth-order valence-corrected chi connectivity index (χ4v) is 2.82. The first-order valence-electron chi connectivity index (χ1n) is 8.31. The Morgan fingerprint density at radius 3 is 2.52 bits per heavy atom. The van der Waals surface area contributed by atoms with Crippen molar-refractivity contribution in [3.63, 3.8) is 0 Å². The Morgan fingerprint density at radius 1 is 1.08 bits per heavy atom. The van der Waals surface area contributed by atoms with E-state index in [-0.39, 0.29) is 0 Å². The van der Waals surface area contributed by atoms with Gasteiger partial charge in [-0.3, -0.25) is 0 Å². The van der Waals surface area contributed by atoms with Gasteiger partial charge in [-0.15, -0.1) is 0 Å². The average Bonchev–Trinajstić information content (AvgIpc) is 2.67. The summed E-state index contributed by atoms with van der Waals surface area (Å²) in [4.78, 5) is 6.58. The molecule has 0 unspecified atom stereocenters.